The molecular formula is C39H42ClN11O6S. The molecule has 1 unspecified atom stereocenters. The second kappa shape index (κ2) is 17.7. The van der Waals surface area contributed by atoms with Crippen molar-refractivity contribution >= 4 is 87.6 Å². The molecule has 0 spiro atoms. The van der Waals surface area contributed by atoms with E-state index in [0.29, 0.717) is 84.6 Å². The van der Waals surface area contributed by atoms with E-state index in [-0.39, 0.29) is 42.3 Å². The summed E-state index contributed by atoms with van der Waals surface area (Å²) in [7, 11) is 0. The van der Waals surface area contributed by atoms with Gasteiger partial charge in [0.25, 0.3) is 17.7 Å². The Morgan fingerprint density at radius 2 is 1.74 bits per heavy atom. The quantitative estimate of drug-likeness (QED) is 0.146. The van der Waals surface area contributed by atoms with Crippen molar-refractivity contribution in [2.75, 3.05) is 74.4 Å². The van der Waals surface area contributed by atoms with E-state index in [4.69, 9.17) is 11.6 Å². The molecule has 3 N–H and O–H groups in total. The lowest BCUT2D eigenvalue weighted by atomic mass is 10.0. The van der Waals surface area contributed by atoms with Crippen molar-refractivity contribution < 1.29 is 28.8 Å². The van der Waals surface area contributed by atoms with Gasteiger partial charge in [-0.05, 0) is 50.1 Å². The molecule has 0 radical (unpaired) electrons. The molecule has 4 aliphatic heterocycles. The van der Waals surface area contributed by atoms with Crippen LogP contribution in [0.5, 0.6) is 0 Å². The number of piperidine rings is 1. The van der Waals surface area contributed by atoms with Gasteiger partial charge in [0.2, 0.25) is 17.7 Å². The maximum Gasteiger partial charge on any atom is 0.267 e. The van der Waals surface area contributed by atoms with Crippen LogP contribution in [-0.4, -0.2) is 138 Å². The number of allylic oxidation sites excluding steroid dienone is 1. The summed E-state index contributed by atoms with van der Waals surface area (Å²) in [5.41, 5.74) is 2.50. The summed E-state index contributed by atoms with van der Waals surface area (Å²) >= 11 is 7.44. The number of hydrogen-bond donors (Lipinski definition) is 3. The second-order valence-corrected chi connectivity index (χ2v) is 15.5. The molecule has 0 saturated carbocycles. The third kappa shape index (κ3) is 8.78. The van der Waals surface area contributed by atoms with Gasteiger partial charge in [-0.2, -0.15) is 0 Å². The minimum atomic E-state index is -1.03. The van der Waals surface area contributed by atoms with Gasteiger partial charge in [0, 0.05) is 58.8 Å². The highest BCUT2D eigenvalue weighted by atomic mass is 35.5. The van der Waals surface area contributed by atoms with E-state index in [9.17, 15) is 28.8 Å². The van der Waals surface area contributed by atoms with Crippen molar-refractivity contribution in [2.45, 2.75) is 32.7 Å². The molecule has 3 fully saturated rings. The van der Waals surface area contributed by atoms with Crippen LogP contribution in [0, 0.1) is 6.92 Å². The average molecular weight is 828 g/mol. The molecule has 5 heterocycles. The van der Waals surface area contributed by atoms with Gasteiger partial charge in [-0.1, -0.05) is 41.1 Å². The van der Waals surface area contributed by atoms with Gasteiger partial charge < -0.3 is 25.3 Å². The van der Waals surface area contributed by atoms with E-state index >= 15 is 0 Å². The van der Waals surface area contributed by atoms with Gasteiger partial charge in [-0.15, -0.1) is 0 Å². The zero-order valence-electron chi connectivity index (χ0n) is 31.9. The number of imide groups is 2. The molecular weight excluding hydrogens is 786 g/mol. The summed E-state index contributed by atoms with van der Waals surface area (Å²) in [5.74, 6) is -1.93. The van der Waals surface area contributed by atoms with Gasteiger partial charge in [0.15, 0.2) is 5.13 Å². The van der Waals surface area contributed by atoms with Crippen LogP contribution in [0.4, 0.5) is 16.5 Å². The number of nitrogens with zero attached hydrogens (tertiary/aromatic N) is 8. The number of carbonyl (C=O) groups is 6. The number of benzene rings is 2. The number of aryl methyl sites for hydroxylation is 1. The predicted molar refractivity (Wildman–Crippen MR) is 221 cm³/mol. The van der Waals surface area contributed by atoms with Crippen LogP contribution in [0.1, 0.15) is 55.7 Å². The molecule has 302 valence electrons. The molecule has 2 aromatic carbocycles. The Balaban J connectivity index is 0.838. The first-order valence-electron chi connectivity index (χ1n) is 18.9. The van der Waals surface area contributed by atoms with E-state index < -0.39 is 29.7 Å². The second-order valence-electron chi connectivity index (χ2n) is 14.1. The van der Waals surface area contributed by atoms with Crippen molar-refractivity contribution in [3.63, 3.8) is 0 Å². The molecule has 58 heavy (non-hydrogen) atoms. The largest absolute Gasteiger partial charge is 0.367 e. The maximum atomic E-state index is 13.6. The monoisotopic (exact) mass is 827 g/mol. The zero-order chi connectivity index (χ0) is 40.9. The molecule has 6 amide bonds. The molecule has 19 heteroatoms. The Morgan fingerprint density at radius 3 is 2.47 bits per heavy atom. The van der Waals surface area contributed by atoms with Crippen LogP contribution in [0.25, 0.3) is 0 Å². The topological polar surface area (TPSA) is 192 Å². The molecule has 17 nitrogen and oxygen atoms in total. The van der Waals surface area contributed by atoms with Gasteiger partial charge in [-0.25, -0.2) is 15.0 Å². The number of fused-ring (bicyclic) bond motifs is 1. The van der Waals surface area contributed by atoms with Crippen LogP contribution in [0.3, 0.4) is 0 Å². The summed E-state index contributed by atoms with van der Waals surface area (Å²) in [4.78, 5) is 99.5. The van der Waals surface area contributed by atoms with Crippen molar-refractivity contribution in [3.05, 3.63) is 81.1 Å². The Morgan fingerprint density at radius 1 is 0.983 bits per heavy atom. The Hall–Kier alpha value is -5.98. The van der Waals surface area contributed by atoms with E-state index in [1.807, 2.05) is 35.8 Å². The molecule has 1 atom stereocenters. The van der Waals surface area contributed by atoms with Gasteiger partial charge >= 0.3 is 0 Å². The first-order valence-corrected chi connectivity index (χ1v) is 20.1. The number of hydrogen-bond acceptors (Lipinski definition) is 12. The molecule has 3 aromatic rings. The smallest absolute Gasteiger partial charge is 0.267 e. The highest BCUT2D eigenvalue weighted by molar-refractivity contribution is 7.17. The first kappa shape index (κ1) is 40.2. The number of halogens is 1. The van der Waals surface area contributed by atoms with Crippen molar-refractivity contribution in [1.82, 2.24) is 29.9 Å². The SMILES string of the molecule is C/C=C(\N=C/N=CN1CCN(CC(=O)N2CCN(c3cccc4c3C(=O)N(C3CCC(=O)NC3=O)C4=O)CC2)CC1)Nc1ncc(C(=O)Nc2c(C)cccc2Cl)s1. The fraction of sp³-hybridized carbons (Fsp3) is 0.359. The van der Waals surface area contributed by atoms with Crippen LogP contribution in [0.2, 0.25) is 5.02 Å². The van der Waals surface area contributed by atoms with Crippen LogP contribution in [-0.2, 0) is 14.4 Å². The minimum absolute atomic E-state index is 0.0255. The number of thiazole rings is 1. The van der Waals surface area contributed by atoms with Crippen LogP contribution < -0.4 is 20.9 Å². The molecule has 1 aromatic heterocycles. The van der Waals surface area contributed by atoms with E-state index in [2.05, 4.69) is 40.7 Å². The molecule has 4 aliphatic rings. The van der Waals surface area contributed by atoms with Gasteiger partial charge in [0.05, 0.1) is 46.6 Å². The van der Waals surface area contributed by atoms with Gasteiger partial charge in [0.1, 0.15) is 23.1 Å². The number of piperazine rings is 2. The lowest BCUT2D eigenvalue weighted by Crippen LogP contribution is -2.54. The fourth-order valence-corrected chi connectivity index (χ4v) is 8.18. The van der Waals surface area contributed by atoms with E-state index in [0.717, 1.165) is 10.5 Å². The van der Waals surface area contributed by atoms with Crippen LogP contribution in [0.15, 0.2) is 64.5 Å². The predicted octanol–water partition coefficient (Wildman–Crippen LogP) is 3.05. The fourth-order valence-electron chi connectivity index (χ4n) is 7.20. The molecule has 3 saturated heterocycles. The summed E-state index contributed by atoms with van der Waals surface area (Å²) in [6.45, 7) is 8.59. The van der Waals surface area contributed by atoms with Crippen molar-refractivity contribution in [3.8, 4) is 0 Å². The highest BCUT2D eigenvalue weighted by Gasteiger charge is 2.46. The molecule has 0 aliphatic carbocycles. The number of aromatic nitrogens is 1. The van der Waals surface area contributed by atoms with E-state index in [1.165, 1.54) is 23.9 Å². The average Bonchev–Trinajstić information content (AvgIpc) is 3.79. The number of anilines is 3. The number of carbonyl (C=O) groups excluding carboxylic acids is 6. The van der Waals surface area contributed by atoms with Crippen LogP contribution >= 0.6 is 22.9 Å². The summed E-state index contributed by atoms with van der Waals surface area (Å²) in [6.07, 6.45) is 6.56. The van der Waals surface area contributed by atoms with Gasteiger partial charge in [-0.3, -0.25) is 43.9 Å². The Bertz CT molecular complexity index is 2210. The Labute approximate surface area is 343 Å². The van der Waals surface area contributed by atoms with Crippen molar-refractivity contribution in [2.24, 2.45) is 9.98 Å². The lowest BCUT2D eigenvalue weighted by Gasteiger charge is -2.38. The third-order valence-electron chi connectivity index (χ3n) is 10.4. The standard InChI is InChI=1S/C39H42ClN11O6S/c1-3-30(44-39-42-20-29(58-39)36(55)46-34-24(2)6-4-8-26(34)40)43-22-41-23-48-14-12-47(13-15-48)21-32(53)50-18-16-49(17-19-50)27-9-5-7-25-33(27)38(57)51(37(25)56)28-10-11-31(52)45-35(28)54/h3-9,20,22-23,28H,10-19,21H2,1-2H3,(H,42,44)(H,46,55)(H,45,52,54)/b30-3+,41-23?,43-22-. The minimum Gasteiger partial charge on any atom is -0.367 e. The summed E-state index contributed by atoms with van der Waals surface area (Å²) in [5, 5.41) is 9.13. The first-order chi connectivity index (χ1) is 28.0. The summed E-state index contributed by atoms with van der Waals surface area (Å²) in [6, 6.07) is 9.46. The number of amides is 6. The van der Waals surface area contributed by atoms with Crippen molar-refractivity contribution in [1.29, 1.82) is 0 Å². The van der Waals surface area contributed by atoms with E-state index in [1.54, 1.807) is 36.7 Å². The zero-order valence-corrected chi connectivity index (χ0v) is 33.5. The number of aliphatic imine (C=N–C) groups is 2. The molecule has 7 rings (SSSR count). The molecule has 0 bridgehead atoms. The lowest BCUT2D eigenvalue weighted by molar-refractivity contribution is -0.136. The number of para-hydroxylation sites is 1. The Kier molecular flexibility index (Phi) is 12.2. The summed E-state index contributed by atoms with van der Waals surface area (Å²) < 4.78 is 0. The number of nitrogens with one attached hydrogen (secondary N) is 3. The highest BCUT2D eigenvalue weighted by Crippen LogP contribution is 2.35. The third-order valence-corrected chi connectivity index (χ3v) is 11.6. The normalized spacial score (nSPS) is 19.4. The number of rotatable bonds is 11. The maximum absolute atomic E-state index is 13.6.